The number of ether oxygens (including phenoxy) is 1. The van der Waals surface area contributed by atoms with Crippen LogP contribution in [0.25, 0.3) is 0 Å². The Morgan fingerprint density at radius 2 is 2.33 bits per heavy atom. The number of halogens is 1. The van der Waals surface area contributed by atoms with E-state index in [0.717, 1.165) is 36.6 Å². The molecule has 1 N–H and O–H groups in total. The molecule has 1 fully saturated rings. The lowest BCUT2D eigenvalue weighted by molar-refractivity contribution is 0.127. The van der Waals surface area contributed by atoms with Gasteiger partial charge in [-0.25, -0.2) is 4.39 Å². The molecular weight excluding hydrogens is 249 g/mol. The fourth-order valence-corrected chi connectivity index (χ4v) is 3.18. The van der Waals surface area contributed by atoms with Gasteiger partial charge < -0.3 is 10.1 Å². The lowest BCUT2D eigenvalue weighted by atomic mass is 10.2. The van der Waals surface area contributed by atoms with Crippen molar-refractivity contribution in [3.05, 3.63) is 29.6 Å². The second kappa shape index (κ2) is 6.55. The molecular formula is C14H20FNOS. The standard InChI is InChI=1S/C14H20FNOS/c1-3-16-9-11-4-5-14(12(15)8-11)18-13-6-7-17-10(13)2/h4-5,8,10,13,16H,3,6-7,9H2,1-2H3. The first-order valence-corrected chi connectivity index (χ1v) is 7.36. The van der Waals surface area contributed by atoms with Gasteiger partial charge in [0, 0.05) is 23.3 Å². The van der Waals surface area contributed by atoms with Gasteiger partial charge >= 0.3 is 0 Å². The molecule has 0 radical (unpaired) electrons. The minimum Gasteiger partial charge on any atom is -0.377 e. The highest BCUT2D eigenvalue weighted by Gasteiger charge is 2.25. The average Bonchev–Trinajstić information content (AvgIpc) is 2.75. The molecule has 4 heteroatoms. The van der Waals surface area contributed by atoms with Crippen LogP contribution >= 0.6 is 11.8 Å². The Hall–Kier alpha value is -0.580. The van der Waals surface area contributed by atoms with Crippen molar-refractivity contribution in [2.75, 3.05) is 13.2 Å². The van der Waals surface area contributed by atoms with Crippen LogP contribution in [-0.2, 0) is 11.3 Å². The normalized spacial score (nSPS) is 23.5. The van der Waals surface area contributed by atoms with E-state index in [1.165, 1.54) is 0 Å². The molecule has 100 valence electrons. The van der Waals surface area contributed by atoms with Crippen LogP contribution in [-0.4, -0.2) is 24.5 Å². The van der Waals surface area contributed by atoms with Gasteiger partial charge in [0.1, 0.15) is 5.82 Å². The summed E-state index contributed by atoms with van der Waals surface area (Å²) in [6, 6.07) is 5.51. The molecule has 2 unspecified atom stereocenters. The van der Waals surface area contributed by atoms with E-state index in [9.17, 15) is 4.39 Å². The first kappa shape index (κ1) is 13.8. The molecule has 0 saturated carbocycles. The Bertz CT molecular complexity index is 399. The van der Waals surface area contributed by atoms with Crippen molar-refractivity contribution >= 4 is 11.8 Å². The molecule has 1 saturated heterocycles. The third kappa shape index (κ3) is 3.46. The Balaban J connectivity index is 2.00. The van der Waals surface area contributed by atoms with E-state index in [4.69, 9.17) is 4.74 Å². The minimum absolute atomic E-state index is 0.116. The summed E-state index contributed by atoms with van der Waals surface area (Å²) in [6.07, 6.45) is 1.22. The van der Waals surface area contributed by atoms with Crippen molar-refractivity contribution < 1.29 is 9.13 Å². The second-order valence-corrected chi connectivity index (χ2v) is 5.85. The quantitative estimate of drug-likeness (QED) is 0.887. The molecule has 0 aliphatic carbocycles. The monoisotopic (exact) mass is 269 g/mol. The molecule has 0 amide bonds. The summed E-state index contributed by atoms with van der Waals surface area (Å²) in [6.45, 7) is 6.51. The van der Waals surface area contributed by atoms with Crippen molar-refractivity contribution in [1.29, 1.82) is 0 Å². The van der Waals surface area contributed by atoms with Gasteiger partial charge in [0.25, 0.3) is 0 Å². The zero-order valence-electron chi connectivity index (χ0n) is 10.9. The summed E-state index contributed by atoms with van der Waals surface area (Å²) in [5.41, 5.74) is 0.995. The number of thioether (sulfide) groups is 1. The molecule has 1 aliphatic heterocycles. The smallest absolute Gasteiger partial charge is 0.137 e. The van der Waals surface area contributed by atoms with Crippen LogP contribution in [0, 0.1) is 5.82 Å². The van der Waals surface area contributed by atoms with Gasteiger partial charge in [0.05, 0.1) is 6.10 Å². The first-order chi connectivity index (χ1) is 8.70. The lowest BCUT2D eigenvalue weighted by Crippen LogP contribution is -2.14. The van der Waals surface area contributed by atoms with Crippen LogP contribution < -0.4 is 5.32 Å². The van der Waals surface area contributed by atoms with Crippen molar-refractivity contribution in [3.63, 3.8) is 0 Å². The van der Waals surface area contributed by atoms with E-state index in [2.05, 4.69) is 12.2 Å². The SMILES string of the molecule is CCNCc1ccc(SC2CCOC2C)c(F)c1. The van der Waals surface area contributed by atoms with E-state index in [-0.39, 0.29) is 11.9 Å². The summed E-state index contributed by atoms with van der Waals surface area (Å²) in [5.74, 6) is -0.116. The predicted molar refractivity (Wildman–Crippen MR) is 73.5 cm³/mol. The van der Waals surface area contributed by atoms with Gasteiger partial charge in [0.2, 0.25) is 0 Å². The maximum Gasteiger partial charge on any atom is 0.137 e. The highest BCUT2D eigenvalue weighted by Crippen LogP contribution is 2.34. The molecule has 2 atom stereocenters. The van der Waals surface area contributed by atoms with Crippen molar-refractivity contribution in [1.82, 2.24) is 5.32 Å². The molecule has 1 aromatic rings. The molecule has 0 spiro atoms. The Labute approximate surface area is 112 Å². The number of nitrogens with one attached hydrogen (secondary N) is 1. The van der Waals surface area contributed by atoms with E-state index in [1.807, 2.05) is 19.1 Å². The van der Waals surface area contributed by atoms with E-state index < -0.39 is 0 Å². The number of rotatable bonds is 5. The molecule has 2 rings (SSSR count). The molecule has 1 aromatic carbocycles. The third-order valence-electron chi connectivity index (χ3n) is 3.16. The van der Waals surface area contributed by atoms with Gasteiger partial charge in [-0.2, -0.15) is 0 Å². The van der Waals surface area contributed by atoms with Crippen molar-refractivity contribution in [2.24, 2.45) is 0 Å². The predicted octanol–water partition coefficient (Wildman–Crippen LogP) is 3.20. The Morgan fingerprint density at radius 3 is 2.94 bits per heavy atom. The third-order valence-corrected chi connectivity index (χ3v) is 4.67. The van der Waals surface area contributed by atoms with Gasteiger partial charge in [-0.15, -0.1) is 11.8 Å². The van der Waals surface area contributed by atoms with E-state index in [0.29, 0.717) is 5.25 Å². The molecule has 18 heavy (non-hydrogen) atoms. The Morgan fingerprint density at radius 1 is 1.50 bits per heavy atom. The van der Waals surface area contributed by atoms with Crippen molar-refractivity contribution in [2.45, 2.75) is 43.1 Å². The van der Waals surface area contributed by atoms with Gasteiger partial charge in [0.15, 0.2) is 0 Å². The molecule has 2 nitrogen and oxygen atoms in total. The van der Waals surface area contributed by atoms with Gasteiger partial charge in [-0.1, -0.05) is 13.0 Å². The summed E-state index contributed by atoms with van der Waals surface area (Å²) >= 11 is 1.60. The van der Waals surface area contributed by atoms with Crippen LogP contribution in [0.1, 0.15) is 25.8 Å². The van der Waals surface area contributed by atoms with Crippen molar-refractivity contribution in [3.8, 4) is 0 Å². The molecule has 1 aliphatic rings. The maximum atomic E-state index is 14.0. The minimum atomic E-state index is -0.116. The number of hydrogen-bond acceptors (Lipinski definition) is 3. The zero-order valence-corrected chi connectivity index (χ0v) is 11.7. The topological polar surface area (TPSA) is 21.3 Å². The average molecular weight is 269 g/mol. The largest absolute Gasteiger partial charge is 0.377 e. The van der Waals surface area contributed by atoms with Crippen LogP contribution in [0.5, 0.6) is 0 Å². The zero-order chi connectivity index (χ0) is 13.0. The van der Waals surface area contributed by atoms with E-state index >= 15 is 0 Å². The lowest BCUT2D eigenvalue weighted by Gasteiger charge is -2.14. The number of benzene rings is 1. The van der Waals surface area contributed by atoms with Crippen LogP contribution in [0.3, 0.4) is 0 Å². The first-order valence-electron chi connectivity index (χ1n) is 6.48. The van der Waals surface area contributed by atoms with E-state index in [1.54, 1.807) is 17.8 Å². The summed E-state index contributed by atoms with van der Waals surface area (Å²) in [5, 5.41) is 3.57. The highest BCUT2D eigenvalue weighted by molar-refractivity contribution is 8.00. The highest BCUT2D eigenvalue weighted by atomic mass is 32.2. The second-order valence-electron chi connectivity index (χ2n) is 4.57. The molecule has 1 heterocycles. The fourth-order valence-electron chi connectivity index (χ4n) is 2.05. The Kier molecular flexibility index (Phi) is 5.03. The summed E-state index contributed by atoms with van der Waals surface area (Å²) in [7, 11) is 0. The van der Waals surface area contributed by atoms with Gasteiger partial charge in [-0.3, -0.25) is 0 Å². The van der Waals surface area contributed by atoms with Gasteiger partial charge in [-0.05, 0) is 37.6 Å². The number of hydrogen-bond donors (Lipinski definition) is 1. The van der Waals surface area contributed by atoms with Crippen LogP contribution in [0.4, 0.5) is 4.39 Å². The summed E-state index contributed by atoms with van der Waals surface area (Å²) in [4.78, 5) is 0.734. The summed E-state index contributed by atoms with van der Waals surface area (Å²) < 4.78 is 19.5. The molecule has 0 bridgehead atoms. The molecule has 0 aromatic heterocycles. The van der Waals surface area contributed by atoms with Crippen LogP contribution in [0.15, 0.2) is 23.1 Å². The fraction of sp³-hybridized carbons (Fsp3) is 0.571. The maximum absolute atomic E-state index is 14.0. The van der Waals surface area contributed by atoms with Crippen LogP contribution in [0.2, 0.25) is 0 Å².